The molecule has 0 aromatic carbocycles. The number of pyridine rings is 1. The topological polar surface area (TPSA) is 103 Å². The second-order valence-electron chi connectivity index (χ2n) is 6.11. The van der Waals surface area contributed by atoms with Crippen LogP contribution in [0.25, 0.3) is 11.2 Å². The van der Waals surface area contributed by atoms with Crippen molar-refractivity contribution in [2.75, 3.05) is 18.0 Å². The third kappa shape index (κ3) is 2.82. The average Bonchev–Trinajstić information content (AvgIpc) is 3.23. The fraction of sp³-hybridized carbons (Fsp3) is 0.375. The summed E-state index contributed by atoms with van der Waals surface area (Å²) in [6.07, 6.45) is 3.36. The molecule has 3 aromatic heterocycles. The third-order valence-corrected chi connectivity index (χ3v) is 4.36. The van der Waals surface area contributed by atoms with Gasteiger partial charge in [-0.1, -0.05) is 0 Å². The molecule has 0 bridgehead atoms. The Hall–Kier alpha value is -2.90. The number of rotatable bonds is 3. The van der Waals surface area contributed by atoms with Crippen molar-refractivity contribution in [3.63, 3.8) is 0 Å². The van der Waals surface area contributed by atoms with Crippen molar-refractivity contribution in [3.05, 3.63) is 35.9 Å². The largest absolute Gasteiger partial charge is 0.355 e. The highest BCUT2D eigenvalue weighted by atomic mass is 16.1. The summed E-state index contributed by atoms with van der Waals surface area (Å²) in [4.78, 5) is 26.0. The number of anilines is 1. The average molecular weight is 325 g/mol. The van der Waals surface area contributed by atoms with Crippen molar-refractivity contribution in [1.29, 1.82) is 0 Å². The van der Waals surface area contributed by atoms with E-state index >= 15 is 0 Å². The molecule has 3 N–H and O–H groups in total. The number of nitrogens with one attached hydrogen (secondary N) is 3. The van der Waals surface area contributed by atoms with Gasteiger partial charge in [0.1, 0.15) is 5.69 Å². The molecule has 4 rings (SSSR count). The quantitative estimate of drug-likeness (QED) is 0.675. The maximum absolute atomic E-state index is 12.4. The fourth-order valence-electron chi connectivity index (χ4n) is 3.03. The second-order valence-corrected chi connectivity index (χ2v) is 6.11. The molecule has 124 valence electrons. The molecular formula is C16H19N7O. The molecule has 1 amide bonds. The highest BCUT2D eigenvalue weighted by molar-refractivity contribution is 5.94. The summed E-state index contributed by atoms with van der Waals surface area (Å²) in [5.74, 6) is 0.830. The molecule has 8 heteroatoms. The van der Waals surface area contributed by atoms with Crippen molar-refractivity contribution in [2.24, 2.45) is 0 Å². The summed E-state index contributed by atoms with van der Waals surface area (Å²) in [5, 5.41) is 10.3. The summed E-state index contributed by atoms with van der Waals surface area (Å²) in [6, 6.07) is 5.75. The lowest BCUT2D eigenvalue weighted by molar-refractivity contribution is 0.0926. The first kappa shape index (κ1) is 14.7. The molecule has 1 aliphatic heterocycles. The van der Waals surface area contributed by atoms with E-state index in [2.05, 4.69) is 35.4 Å². The van der Waals surface area contributed by atoms with Crippen LogP contribution in [0.5, 0.6) is 0 Å². The van der Waals surface area contributed by atoms with Crippen molar-refractivity contribution in [1.82, 2.24) is 30.5 Å². The second kappa shape index (κ2) is 5.95. The van der Waals surface area contributed by atoms with E-state index in [9.17, 15) is 4.79 Å². The molecule has 4 heterocycles. The van der Waals surface area contributed by atoms with Crippen molar-refractivity contribution >= 4 is 22.9 Å². The number of hydrogen-bond donors (Lipinski definition) is 3. The van der Waals surface area contributed by atoms with Gasteiger partial charge in [0.2, 0.25) is 0 Å². The zero-order valence-corrected chi connectivity index (χ0v) is 13.4. The van der Waals surface area contributed by atoms with E-state index in [4.69, 9.17) is 0 Å². The molecule has 1 fully saturated rings. The van der Waals surface area contributed by atoms with E-state index in [1.54, 1.807) is 12.4 Å². The molecule has 0 aliphatic carbocycles. The molecule has 3 aromatic rings. The predicted octanol–water partition coefficient (Wildman–Crippen LogP) is 1.39. The fourth-order valence-corrected chi connectivity index (χ4v) is 3.03. The van der Waals surface area contributed by atoms with Gasteiger partial charge in [0, 0.05) is 30.9 Å². The highest BCUT2D eigenvalue weighted by Gasteiger charge is 2.23. The number of amides is 1. The van der Waals surface area contributed by atoms with E-state index in [0.717, 1.165) is 43.0 Å². The Morgan fingerprint density at radius 3 is 2.92 bits per heavy atom. The maximum atomic E-state index is 12.4. The Morgan fingerprint density at radius 2 is 2.17 bits per heavy atom. The van der Waals surface area contributed by atoms with Crippen LogP contribution < -0.4 is 10.2 Å². The monoisotopic (exact) mass is 325 g/mol. The van der Waals surface area contributed by atoms with Crippen LogP contribution in [-0.4, -0.2) is 50.2 Å². The van der Waals surface area contributed by atoms with Crippen LogP contribution in [0.1, 0.15) is 29.0 Å². The Bertz CT molecular complexity index is 860. The number of piperidine rings is 1. The van der Waals surface area contributed by atoms with Gasteiger partial charge >= 0.3 is 0 Å². The van der Waals surface area contributed by atoms with Crippen LogP contribution >= 0.6 is 0 Å². The van der Waals surface area contributed by atoms with Crippen molar-refractivity contribution in [2.45, 2.75) is 25.8 Å². The first-order valence-electron chi connectivity index (χ1n) is 8.07. The number of imidazole rings is 1. The van der Waals surface area contributed by atoms with Crippen LogP contribution in [0.4, 0.5) is 5.82 Å². The first-order valence-corrected chi connectivity index (χ1v) is 8.07. The molecule has 1 saturated heterocycles. The number of hydrogen-bond acceptors (Lipinski definition) is 5. The van der Waals surface area contributed by atoms with Gasteiger partial charge in [-0.2, -0.15) is 5.10 Å². The van der Waals surface area contributed by atoms with Crippen LogP contribution in [0.15, 0.2) is 24.5 Å². The summed E-state index contributed by atoms with van der Waals surface area (Å²) >= 11 is 0. The molecule has 1 aliphatic rings. The zero-order valence-electron chi connectivity index (χ0n) is 13.4. The van der Waals surface area contributed by atoms with Gasteiger partial charge in [0.25, 0.3) is 5.91 Å². The zero-order chi connectivity index (χ0) is 16.5. The lowest BCUT2D eigenvalue weighted by Crippen LogP contribution is -2.45. The van der Waals surface area contributed by atoms with Crippen molar-refractivity contribution in [3.8, 4) is 0 Å². The van der Waals surface area contributed by atoms with E-state index in [0.29, 0.717) is 11.3 Å². The van der Waals surface area contributed by atoms with Gasteiger partial charge in [0.05, 0.1) is 11.8 Å². The van der Waals surface area contributed by atoms with Crippen molar-refractivity contribution < 1.29 is 4.79 Å². The van der Waals surface area contributed by atoms with Gasteiger partial charge in [0.15, 0.2) is 11.5 Å². The van der Waals surface area contributed by atoms with Gasteiger partial charge in [-0.05, 0) is 31.9 Å². The Morgan fingerprint density at radius 1 is 1.33 bits per heavy atom. The highest BCUT2D eigenvalue weighted by Crippen LogP contribution is 2.18. The molecule has 0 unspecified atom stereocenters. The Kier molecular flexibility index (Phi) is 3.64. The maximum Gasteiger partial charge on any atom is 0.270 e. The third-order valence-electron chi connectivity index (χ3n) is 4.36. The van der Waals surface area contributed by atoms with Gasteiger partial charge in [-0.25, -0.2) is 9.97 Å². The standard InChI is InChI=1S/C16H19N7O/c1-10-8-14(22-21-10)23-6-4-11(5-7-23)19-16(24)13-3-2-12-15(20-13)18-9-17-12/h2-3,8-9,11H,4-7H2,1H3,(H,19,24)(H,21,22)(H,17,18,20). The van der Waals surface area contributed by atoms with Crippen LogP contribution in [0.3, 0.4) is 0 Å². The van der Waals surface area contributed by atoms with Gasteiger partial charge in [-0.15, -0.1) is 0 Å². The Labute approximate surface area is 138 Å². The molecule has 0 saturated carbocycles. The Balaban J connectivity index is 1.37. The van der Waals surface area contributed by atoms with E-state index < -0.39 is 0 Å². The smallest absolute Gasteiger partial charge is 0.270 e. The molecule has 0 atom stereocenters. The lowest BCUT2D eigenvalue weighted by atomic mass is 10.0. The SMILES string of the molecule is Cc1cc(N2CCC(NC(=O)c3ccc4[nH]cnc4n3)CC2)n[nH]1. The summed E-state index contributed by atoms with van der Waals surface area (Å²) in [5.41, 5.74) is 2.85. The minimum absolute atomic E-state index is 0.144. The van der Waals surface area contributed by atoms with Crippen LogP contribution in [0.2, 0.25) is 0 Å². The number of H-pyrrole nitrogens is 2. The minimum Gasteiger partial charge on any atom is -0.355 e. The van der Waals surface area contributed by atoms with Crippen LogP contribution in [-0.2, 0) is 0 Å². The van der Waals surface area contributed by atoms with E-state index in [-0.39, 0.29) is 11.9 Å². The number of fused-ring (bicyclic) bond motifs is 1. The number of carbonyl (C=O) groups is 1. The summed E-state index contributed by atoms with van der Waals surface area (Å²) in [6.45, 7) is 3.74. The van der Waals surface area contributed by atoms with E-state index in [1.807, 2.05) is 19.1 Å². The molecule has 24 heavy (non-hydrogen) atoms. The number of aromatic nitrogens is 5. The number of carbonyl (C=O) groups excluding carboxylic acids is 1. The van der Waals surface area contributed by atoms with Gasteiger partial charge in [-0.3, -0.25) is 9.89 Å². The van der Waals surface area contributed by atoms with E-state index in [1.165, 1.54) is 0 Å². The predicted molar refractivity (Wildman–Crippen MR) is 89.9 cm³/mol. The number of nitrogens with zero attached hydrogens (tertiary/aromatic N) is 4. The summed E-state index contributed by atoms with van der Waals surface area (Å²) < 4.78 is 0. The molecule has 8 nitrogen and oxygen atoms in total. The lowest BCUT2D eigenvalue weighted by Gasteiger charge is -2.32. The van der Waals surface area contributed by atoms with Crippen LogP contribution in [0, 0.1) is 6.92 Å². The molecular weight excluding hydrogens is 306 g/mol. The molecule has 0 radical (unpaired) electrons. The first-order chi connectivity index (χ1) is 11.7. The van der Waals surface area contributed by atoms with Gasteiger partial charge < -0.3 is 15.2 Å². The number of aryl methyl sites for hydroxylation is 1. The molecule has 0 spiro atoms. The minimum atomic E-state index is -0.144. The summed E-state index contributed by atoms with van der Waals surface area (Å²) in [7, 11) is 0. The number of aromatic amines is 2. The normalized spacial score (nSPS) is 15.8.